The quantitative estimate of drug-likeness (QED) is 0.834. The van der Waals surface area contributed by atoms with Crippen molar-refractivity contribution in [3.05, 3.63) is 29.8 Å². The minimum absolute atomic E-state index is 0.730. The fraction of sp³-hybridized carbons (Fsp3) is 0.667. The molecular formula is C18H30N2O. The lowest BCUT2D eigenvalue weighted by molar-refractivity contribution is 0.272. The zero-order valence-corrected chi connectivity index (χ0v) is 13.8. The largest absolute Gasteiger partial charge is 0.496 e. The Hall–Kier alpha value is -1.06. The van der Waals surface area contributed by atoms with E-state index in [9.17, 15) is 0 Å². The van der Waals surface area contributed by atoms with E-state index in [0.717, 1.165) is 37.3 Å². The van der Waals surface area contributed by atoms with Crippen LogP contribution in [-0.2, 0) is 6.54 Å². The number of methoxy groups -OCH3 is 1. The van der Waals surface area contributed by atoms with E-state index in [1.54, 1.807) is 7.11 Å². The molecule has 0 radical (unpaired) electrons. The van der Waals surface area contributed by atoms with Crippen LogP contribution in [0.3, 0.4) is 0 Å². The summed E-state index contributed by atoms with van der Waals surface area (Å²) in [5.74, 6) is 1.88. The van der Waals surface area contributed by atoms with Gasteiger partial charge in [-0.25, -0.2) is 0 Å². The third-order valence-corrected chi connectivity index (χ3v) is 4.50. The Labute approximate surface area is 129 Å². The van der Waals surface area contributed by atoms with Crippen molar-refractivity contribution >= 4 is 0 Å². The number of para-hydroxylation sites is 1. The topological polar surface area (TPSA) is 24.5 Å². The van der Waals surface area contributed by atoms with Gasteiger partial charge in [0.15, 0.2) is 0 Å². The van der Waals surface area contributed by atoms with Gasteiger partial charge in [0, 0.05) is 31.2 Å². The van der Waals surface area contributed by atoms with E-state index >= 15 is 0 Å². The second kappa shape index (κ2) is 8.40. The van der Waals surface area contributed by atoms with E-state index in [1.807, 2.05) is 12.1 Å². The Kier molecular flexibility index (Phi) is 6.52. The summed E-state index contributed by atoms with van der Waals surface area (Å²) in [6.45, 7) is 5.46. The van der Waals surface area contributed by atoms with Gasteiger partial charge >= 0.3 is 0 Å². The molecule has 3 heteroatoms. The van der Waals surface area contributed by atoms with Crippen molar-refractivity contribution < 1.29 is 4.74 Å². The van der Waals surface area contributed by atoms with Crippen molar-refractivity contribution in [1.82, 2.24) is 10.2 Å². The highest BCUT2D eigenvalue weighted by atomic mass is 16.5. The number of benzene rings is 1. The first kappa shape index (κ1) is 16.3. The van der Waals surface area contributed by atoms with Crippen molar-refractivity contribution in [2.75, 3.05) is 27.2 Å². The second-order valence-electron chi connectivity index (χ2n) is 6.47. The van der Waals surface area contributed by atoms with Crippen molar-refractivity contribution in [3.8, 4) is 5.75 Å². The number of nitrogens with zero attached hydrogens (tertiary/aromatic N) is 1. The first-order valence-electron chi connectivity index (χ1n) is 8.23. The maximum Gasteiger partial charge on any atom is 0.123 e. The molecule has 0 amide bonds. The molecule has 0 bridgehead atoms. The Morgan fingerprint density at radius 1 is 1.29 bits per heavy atom. The SMILES string of the molecule is COc1ccccc1CN(C)CCNC1CCCC(C)C1. The average molecular weight is 290 g/mol. The second-order valence-corrected chi connectivity index (χ2v) is 6.47. The van der Waals surface area contributed by atoms with E-state index < -0.39 is 0 Å². The first-order chi connectivity index (χ1) is 10.2. The normalized spacial score (nSPS) is 22.5. The third kappa shape index (κ3) is 5.33. The van der Waals surface area contributed by atoms with Crippen LogP contribution in [0.25, 0.3) is 0 Å². The minimum Gasteiger partial charge on any atom is -0.496 e. The lowest BCUT2D eigenvalue weighted by Gasteiger charge is -2.28. The Bertz CT molecular complexity index is 421. The van der Waals surface area contributed by atoms with Gasteiger partial charge in [-0.1, -0.05) is 38.0 Å². The minimum atomic E-state index is 0.730. The van der Waals surface area contributed by atoms with Gasteiger partial charge in [0.25, 0.3) is 0 Å². The molecule has 0 saturated heterocycles. The molecule has 0 spiro atoms. The van der Waals surface area contributed by atoms with Crippen molar-refractivity contribution in [3.63, 3.8) is 0 Å². The highest BCUT2D eigenvalue weighted by Crippen LogP contribution is 2.23. The van der Waals surface area contributed by atoms with Crippen LogP contribution in [0.5, 0.6) is 5.75 Å². The van der Waals surface area contributed by atoms with Crippen molar-refractivity contribution in [1.29, 1.82) is 0 Å². The summed E-state index contributed by atoms with van der Waals surface area (Å²) >= 11 is 0. The number of ether oxygens (including phenoxy) is 1. The number of nitrogens with one attached hydrogen (secondary N) is 1. The van der Waals surface area contributed by atoms with Crippen LogP contribution in [0.1, 0.15) is 38.2 Å². The molecule has 2 unspecified atom stereocenters. The van der Waals surface area contributed by atoms with E-state index in [1.165, 1.54) is 31.2 Å². The summed E-state index contributed by atoms with van der Waals surface area (Å²) in [6, 6.07) is 9.01. The molecule has 1 aliphatic rings. The average Bonchev–Trinajstić information content (AvgIpc) is 2.48. The zero-order chi connectivity index (χ0) is 15.1. The van der Waals surface area contributed by atoms with Crippen molar-refractivity contribution in [2.24, 2.45) is 5.92 Å². The maximum atomic E-state index is 5.42. The summed E-state index contributed by atoms with van der Waals surface area (Å²) in [5.41, 5.74) is 1.26. The summed E-state index contributed by atoms with van der Waals surface area (Å²) in [5, 5.41) is 3.72. The van der Waals surface area contributed by atoms with E-state index in [0.29, 0.717) is 0 Å². The van der Waals surface area contributed by atoms with Crippen LogP contribution in [-0.4, -0.2) is 38.2 Å². The molecule has 1 fully saturated rings. The number of hydrogen-bond acceptors (Lipinski definition) is 3. The third-order valence-electron chi connectivity index (χ3n) is 4.50. The van der Waals surface area contributed by atoms with Gasteiger partial charge in [-0.3, -0.25) is 0 Å². The highest BCUT2D eigenvalue weighted by molar-refractivity contribution is 5.32. The predicted molar refractivity (Wildman–Crippen MR) is 88.8 cm³/mol. The fourth-order valence-corrected chi connectivity index (χ4v) is 3.28. The number of rotatable bonds is 7. The molecule has 0 aromatic heterocycles. The Morgan fingerprint density at radius 3 is 2.86 bits per heavy atom. The van der Waals surface area contributed by atoms with Crippen LogP contribution in [0.4, 0.5) is 0 Å². The molecular weight excluding hydrogens is 260 g/mol. The summed E-state index contributed by atoms with van der Waals surface area (Å²) in [6.07, 6.45) is 5.48. The van der Waals surface area contributed by atoms with E-state index in [-0.39, 0.29) is 0 Å². The van der Waals surface area contributed by atoms with Crippen LogP contribution >= 0.6 is 0 Å². The van der Waals surface area contributed by atoms with Crippen LogP contribution in [0, 0.1) is 5.92 Å². The maximum absolute atomic E-state index is 5.42. The molecule has 1 aliphatic carbocycles. The fourth-order valence-electron chi connectivity index (χ4n) is 3.28. The lowest BCUT2D eigenvalue weighted by Crippen LogP contribution is -2.38. The van der Waals surface area contributed by atoms with Gasteiger partial charge in [0.2, 0.25) is 0 Å². The van der Waals surface area contributed by atoms with Gasteiger partial charge in [0.1, 0.15) is 5.75 Å². The Morgan fingerprint density at radius 2 is 2.10 bits per heavy atom. The first-order valence-corrected chi connectivity index (χ1v) is 8.23. The molecule has 21 heavy (non-hydrogen) atoms. The van der Waals surface area contributed by atoms with E-state index in [4.69, 9.17) is 4.74 Å². The molecule has 0 aliphatic heterocycles. The van der Waals surface area contributed by atoms with Crippen molar-refractivity contribution in [2.45, 2.75) is 45.2 Å². The molecule has 118 valence electrons. The molecule has 1 N–H and O–H groups in total. The monoisotopic (exact) mass is 290 g/mol. The summed E-state index contributed by atoms with van der Waals surface area (Å²) in [7, 11) is 3.92. The molecule has 1 aromatic rings. The van der Waals surface area contributed by atoms with Crippen LogP contribution in [0.2, 0.25) is 0 Å². The van der Waals surface area contributed by atoms with Gasteiger partial charge in [-0.15, -0.1) is 0 Å². The molecule has 2 atom stereocenters. The number of likely N-dealkylation sites (N-methyl/N-ethyl adjacent to an activating group) is 1. The lowest BCUT2D eigenvalue weighted by atomic mass is 9.87. The standard InChI is InChI=1S/C18H30N2O/c1-15-7-6-9-17(13-15)19-11-12-20(2)14-16-8-4-5-10-18(16)21-3/h4-5,8,10,15,17,19H,6-7,9,11-14H2,1-3H3. The van der Waals surface area contributed by atoms with Crippen LogP contribution in [0.15, 0.2) is 24.3 Å². The zero-order valence-electron chi connectivity index (χ0n) is 13.8. The molecule has 1 aromatic carbocycles. The van der Waals surface area contributed by atoms with Gasteiger partial charge in [-0.05, 0) is 31.9 Å². The molecule has 1 saturated carbocycles. The van der Waals surface area contributed by atoms with Crippen LogP contribution < -0.4 is 10.1 Å². The highest BCUT2D eigenvalue weighted by Gasteiger charge is 2.18. The predicted octanol–water partition coefficient (Wildman–Crippen LogP) is 3.30. The molecule has 3 nitrogen and oxygen atoms in total. The summed E-state index contributed by atoms with van der Waals surface area (Å²) < 4.78 is 5.42. The molecule has 0 heterocycles. The Balaban J connectivity index is 1.71. The van der Waals surface area contributed by atoms with Gasteiger partial charge in [0.05, 0.1) is 7.11 Å². The smallest absolute Gasteiger partial charge is 0.123 e. The van der Waals surface area contributed by atoms with Gasteiger partial charge < -0.3 is 15.0 Å². The number of hydrogen-bond donors (Lipinski definition) is 1. The molecule has 2 rings (SSSR count). The summed E-state index contributed by atoms with van der Waals surface area (Å²) in [4.78, 5) is 2.36. The van der Waals surface area contributed by atoms with E-state index in [2.05, 4.69) is 36.3 Å². The van der Waals surface area contributed by atoms with Gasteiger partial charge in [-0.2, -0.15) is 0 Å².